The molecule has 25 heavy (non-hydrogen) atoms. The first kappa shape index (κ1) is 14.6. The van der Waals surface area contributed by atoms with Crippen LogP contribution in [-0.2, 0) is 6.42 Å². The molecule has 2 aromatic heterocycles. The van der Waals surface area contributed by atoms with Crippen LogP contribution in [0.1, 0.15) is 11.3 Å². The molecule has 1 aliphatic heterocycles. The van der Waals surface area contributed by atoms with Gasteiger partial charge in [0, 0.05) is 49.9 Å². The Labute approximate surface area is 147 Å². The summed E-state index contributed by atoms with van der Waals surface area (Å²) in [4.78, 5) is 12.0. The number of hydrogen-bond acceptors (Lipinski definition) is 4. The standard InChI is InChI=1S/C21H20N4/c1-2-5-16-15(4-1)14-19-21(16)17(8-9-23-19)18-6-3-7-20(24-18)25-12-10-22-11-13-25/h1-9,22H,10-14H2. The van der Waals surface area contributed by atoms with Gasteiger partial charge in [0.05, 0.1) is 11.4 Å². The number of fused-ring (bicyclic) bond motifs is 3. The molecule has 0 spiro atoms. The number of piperazine rings is 1. The van der Waals surface area contributed by atoms with E-state index in [4.69, 9.17) is 4.98 Å². The largest absolute Gasteiger partial charge is 0.354 e. The van der Waals surface area contributed by atoms with Crippen LogP contribution in [0.2, 0.25) is 0 Å². The van der Waals surface area contributed by atoms with Crippen molar-refractivity contribution in [3.05, 3.63) is 66.0 Å². The van der Waals surface area contributed by atoms with E-state index < -0.39 is 0 Å². The molecule has 1 aliphatic carbocycles. The molecule has 124 valence electrons. The summed E-state index contributed by atoms with van der Waals surface area (Å²) in [5.74, 6) is 1.07. The number of benzene rings is 1. The second kappa shape index (κ2) is 5.97. The molecule has 1 saturated heterocycles. The third kappa shape index (κ3) is 2.50. The van der Waals surface area contributed by atoms with Crippen molar-refractivity contribution in [1.29, 1.82) is 0 Å². The Kier molecular flexibility index (Phi) is 3.49. The van der Waals surface area contributed by atoms with E-state index in [1.165, 1.54) is 22.3 Å². The van der Waals surface area contributed by atoms with Crippen LogP contribution >= 0.6 is 0 Å². The van der Waals surface area contributed by atoms with E-state index in [1.54, 1.807) is 0 Å². The van der Waals surface area contributed by atoms with Crippen molar-refractivity contribution in [2.45, 2.75) is 6.42 Å². The van der Waals surface area contributed by atoms with Gasteiger partial charge < -0.3 is 10.2 Å². The highest BCUT2D eigenvalue weighted by molar-refractivity contribution is 5.88. The highest BCUT2D eigenvalue weighted by Gasteiger charge is 2.23. The minimum Gasteiger partial charge on any atom is -0.354 e. The molecule has 2 aliphatic rings. The van der Waals surface area contributed by atoms with Gasteiger partial charge in [0.2, 0.25) is 0 Å². The van der Waals surface area contributed by atoms with Crippen LogP contribution in [-0.4, -0.2) is 36.1 Å². The van der Waals surface area contributed by atoms with Gasteiger partial charge >= 0.3 is 0 Å². The Morgan fingerprint density at radius 3 is 2.68 bits per heavy atom. The van der Waals surface area contributed by atoms with Gasteiger partial charge in [-0.15, -0.1) is 0 Å². The molecule has 3 heterocycles. The third-order valence-electron chi connectivity index (χ3n) is 5.13. The SMILES string of the molecule is c1cc(-c2ccnc3c2-c2ccccc2C3)nc(N2CCNCC2)c1. The normalized spacial score (nSPS) is 15.8. The van der Waals surface area contributed by atoms with Gasteiger partial charge in [-0.3, -0.25) is 4.98 Å². The van der Waals surface area contributed by atoms with Crippen LogP contribution in [0.4, 0.5) is 5.82 Å². The first-order valence-corrected chi connectivity index (χ1v) is 8.89. The van der Waals surface area contributed by atoms with Crippen molar-refractivity contribution in [1.82, 2.24) is 15.3 Å². The average Bonchev–Trinajstić information content (AvgIpc) is 3.07. The van der Waals surface area contributed by atoms with Crippen LogP contribution < -0.4 is 10.2 Å². The summed E-state index contributed by atoms with van der Waals surface area (Å²) in [6.07, 6.45) is 2.83. The highest BCUT2D eigenvalue weighted by Crippen LogP contribution is 2.41. The second-order valence-corrected chi connectivity index (χ2v) is 6.63. The molecule has 1 fully saturated rings. The van der Waals surface area contributed by atoms with Gasteiger partial charge in [-0.25, -0.2) is 4.98 Å². The summed E-state index contributed by atoms with van der Waals surface area (Å²) in [7, 11) is 0. The average molecular weight is 328 g/mol. The van der Waals surface area contributed by atoms with Crippen molar-refractivity contribution >= 4 is 5.82 Å². The lowest BCUT2D eigenvalue weighted by molar-refractivity contribution is 0.585. The van der Waals surface area contributed by atoms with Crippen molar-refractivity contribution < 1.29 is 0 Å². The summed E-state index contributed by atoms with van der Waals surface area (Å²) in [5.41, 5.74) is 7.29. The van der Waals surface area contributed by atoms with E-state index in [1.807, 2.05) is 6.20 Å². The lowest BCUT2D eigenvalue weighted by Gasteiger charge is -2.28. The van der Waals surface area contributed by atoms with Gasteiger partial charge in [0.15, 0.2) is 0 Å². The molecule has 1 N–H and O–H groups in total. The van der Waals surface area contributed by atoms with Gasteiger partial charge in [-0.1, -0.05) is 30.3 Å². The van der Waals surface area contributed by atoms with Gasteiger partial charge in [-0.2, -0.15) is 0 Å². The number of pyridine rings is 2. The van der Waals surface area contributed by atoms with Crippen molar-refractivity contribution in [3.8, 4) is 22.4 Å². The summed E-state index contributed by atoms with van der Waals surface area (Å²) in [6, 6.07) is 17.1. The molecular weight excluding hydrogens is 308 g/mol. The molecule has 0 amide bonds. The maximum Gasteiger partial charge on any atom is 0.129 e. The van der Waals surface area contributed by atoms with E-state index in [-0.39, 0.29) is 0 Å². The number of rotatable bonds is 2. The maximum atomic E-state index is 4.99. The number of anilines is 1. The molecule has 4 nitrogen and oxygen atoms in total. The lowest BCUT2D eigenvalue weighted by atomic mass is 10.00. The number of aromatic nitrogens is 2. The zero-order chi connectivity index (χ0) is 16.6. The van der Waals surface area contributed by atoms with E-state index >= 15 is 0 Å². The van der Waals surface area contributed by atoms with Crippen LogP contribution in [0.3, 0.4) is 0 Å². The molecule has 0 atom stereocenters. The van der Waals surface area contributed by atoms with Crippen molar-refractivity contribution in [2.75, 3.05) is 31.1 Å². The van der Waals surface area contributed by atoms with Crippen molar-refractivity contribution in [2.24, 2.45) is 0 Å². The minimum absolute atomic E-state index is 0.914. The van der Waals surface area contributed by atoms with E-state index in [2.05, 4.69) is 63.7 Å². The fourth-order valence-electron chi connectivity index (χ4n) is 3.90. The maximum absolute atomic E-state index is 4.99. The fraction of sp³-hybridized carbons (Fsp3) is 0.238. The van der Waals surface area contributed by atoms with E-state index in [9.17, 15) is 0 Å². The van der Waals surface area contributed by atoms with E-state index in [0.717, 1.165) is 49.8 Å². The first-order valence-electron chi connectivity index (χ1n) is 8.89. The Bertz CT molecular complexity index is 929. The van der Waals surface area contributed by atoms with Crippen LogP contribution in [0.15, 0.2) is 54.7 Å². The Balaban J connectivity index is 1.61. The number of nitrogens with zero attached hydrogens (tertiary/aromatic N) is 3. The highest BCUT2D eigenvalue weighted by atomic mass is 15.2. The zero-order valence-corrected chi connectivity index (χ0v) is 14.1. The molecule has 5 rings (SSSR count). The summed E-state index contributed by atoms with van der Waals surface area (Å²) in [5, 5.41) is 3.40. The van der Waals surface area contributed by atoms with Crippen LogP contribution in [0.5, 0.6) is 0 Å². The monoisotopic (exact) mass is 328 g/mol. The summed E-state index contributed by atoms with van der Waals surface area (Å²) >= 11 is 0. The van der Waals surface area contributed by atoms with Crippen LogP contribution in [0, 0.1) is 0 Å². The predicted octanol–water partition coefficient (Wildman–Crippen LogP) is 3.12. The molecule has 4 heteroatoms. The topological polar surface area (TPSA) is 41.1 Å². The Morgan fingerprint density at radius 2 is 1.76 bits per heavy atom. The molecule has 0 bridgehead atoms. The van der Waals surface area contributed by atoms with Crippen molar-refractivity contribution in [3.63, 3.8) is 0 Å². The molecular formula is C21H20N4. The number of hydrogen-bond donors (Lipinski definition) is 1. The second-order valence-electron chi connectivity index (χ2n) is 6.63. The molecule has 3 aromatic rings. The smallest absolute Gasteiger partial charge is 0.129 e. The number of nitrogens with one attached hydrogen (secondary N) is 1. The third-order valence-corrected chi connectivity index (χ3v) is 5.13. The lowest BCUT2D eigenvalue weighted by Crippen LogP contribution is -2.43. The zero-order valence-electron chi connectivity index (χ0n) is 14.1. The quantitative estimate of drug-likeness (QED) is 0.614. The Hall–Kier alpha value is -2.72. The van der Waals surface area contributed by atoms with E-state index in [0.29, 0.717) is 0 Å². The fourth-order valence-corrected chi connectivity index (χ4v) is 3.90. The van der Waals surface area contributed by atoms with Gasteiger partial charge in [0.25, 0.3) is 0 Å². The molecule has 0 unspecified atom stereocenters. The minimum atomic E-state index is 0.914. The molecule has 0 radical (unpaired) electrons. The molecule has 1 aromatic carbocycles. The van der Waals surface area contributed by atoms with Crippen LogP contribution in [0.25, 0.3) is 22.4 Å². The predicted molar refractivity (Wildman–Crippen MR) is 101 cm³/mol. The Morgan fingerprint density at radius 1 is 0.880 bits per heavy atom. The van der Waals surface area contributed by atoms with Gasteiger partial charge in [-0.05, 0) is 29.3 Å². The van der Waals surface area contributed by atoms with Gasteiger partial charge in [0.1, 0.15) is 5.82 Å². The molecule has 0 saturated carbocycles. The first-order chi connectivity index (χ1) is 12.4. The summed E-state index contributed by atoms with van der Waals surface area (Å²) in [6.45, 7) is 4.05. The summed E-state index contributed by atoms with van der Waals surface area (Å²) < 4.78 is 0.